The van der Waals surface area contributed by atoms with Crippen LogP contribution in [0.15, 0.2) is 48.5 Å². The van der Waals surface area contributed by atoms with Gasteiger partial charge in [-0.05, 0) is 22.7 Å². The zero-order valence-corrected chi connectivity index (χ0v) is 10.8. The molecule has 1 heterocycles. The van der Waals surface area contributed by atoms with Crippen LogP contribution in [0.25, 0.3) is 11.1 Å². The van der Waals surface area contributed by atoms with Crippen LogP contribution < -0.4 is 5.19 Å². The van der Waals surface area contributed by atoms with Crippen LogP contribution in [0.5, 0.6) is 0 Å². The lowest BCUT2D eigenvalue weighted by Crippen LogP contribution is -2.47. The summed E-state index contributed by atoms with van der Waals surface area (Å²) in [6, 6.07) is 19.1. The first kappa shape index (κ1) is 9.85. The van der Waals surface area contributed by atoms with E-state index in [1.807, 2.05) is 0 Å². The van der Waals surface area contributed by atoms with Gasteiger partial charge in [0.05, 0.1) is 8.07 Å². The molecular weight excluding hydrogens is 208 g/mol. The number of hydrogen-bond donors (Lipinski definition) is 0. The van der Waals surface area contributed by atoms with Gasteiger partial charge in [0.1, 0.15) is 0 Å². The SMILES string of the molecule is C[Si]1(C)Cc2ccccc2-c2ccccc21. The molecule has 80 valence electrons. The predicted octanol–water partition coefficient (Wildman–Crippen LogP) is 3.36. The third kappa shape index (κ3) is 1.35. The first-order valence-electron chi connectivity index (χ1n) is 5.86. The van der Waals surface area contributed by atoms with Gasteiger partial charge in [-0.15, -0.1) is 0 Å². The Hall–Kier alpha value is -1.34. The fourth-order valence-corrected chi connectivity index (χ4v) is 5.76. The lowest BCUT2D eigenvalue weighted by atomic mass is 10.00. The van der Waals surface area contributed by atoms with Crippen molar-refractivity contribution in [3.63, 3.8) is 0 Å². The van der Waals surface area contributed by atoms with Gasteiger partial charge in [0.25, 0.3) is 0 Å². The fourth-order valence-electron chi connectivity index (χ4n) is 2.82. The van der Waals surface area contributed by atoms with E-state index in [1.165, 1.54) is 22.7 Å². The molecule has 1 aliphatic rings. The van der Waals surface area contributed by atoms with E-state index in [0.29, 0.717) is 0 Å². The second kappa shape index (κ2) is 3.32. The zero-order chi connectivity index (χ0) is 11.2. The smallest absolute Gasteiger partial charge is 0.0652 e. The Morgan fingerprint density at radius 1 is 0.812 bits per heavy atom. The van der Waals surface area contributed by atoms with Gasteiger partial charge in [-0.3, -0.25) is 0 Å². The van der Waals surface area contributed by atoms with Gasteiger partial charge in [-0.1, -0.05) is 66.8 Å². The third-order valence-corrected chi connectivity index (χ3v) is 6.76. The average Bonchev–Trinajstić information content (AvgIpc) is 2.29. The van der Waals surface area contributed by atoms with Crippen molar-refractivity contribution in [3.8, 4) is 11.1 Å². The van der Waals surface area contributed by atoms with Gasteiger partial charge in [-0.2, -0.15) is 0 Å². The highest BCUT2D eigenvalue weighted by Gasteiger charge is 2.31. The van der Waals surface area contributed by atoms with Crippen LogP contribution in [0.3, 0.4) is 0 Å². The summed E-state index contributed by atoms with van der Waals surface area (Å²) in [5.41, 5.74) is 4.46. The zero-order valence-electron chi connectivity index (χ0n) is 9.83. The molecule has 0 saturated heterocycles. The molecule has 0 N–H and O–H groups in total. The largest absolute Gasteiger partial charge is 0.0857 e. The molecule has 0 aromatic heterocycles. The predicted molar refractivity (Wildman–Crippen MR) is 72.7 cm³/mol. The average molecular weight is 224 g/mol. The molecule has 0 amide bonds. The molecule has 0 saturated carbocycles. The van der Waals surface area contributed by atoms with Crippen LogP contribution in [0, 0.1) is 0 Å². The lowest BCUT2D eigenvalue weighted by Gasteiger charge is -2.32. The summed E-state index contributed by atoms with van der Waals surface area (Å²) < 4.78 is 0. The summed E-state index contributed by atoms with van der Waals surface area (Å²) in [4.78, 5) is 0. The normalized spacial score (nSPS) is 16.4. The molecule has 16 heavy (non-hydrogen) atoms. The molecule has 3 rings (SSSR count). The minimum Gasteiger partial charge on any atom is -0.0652 e. The molecule has 1 aliphatic heterocycles. The van der Waals surface area contributed by atoms with Crippen LogP contribution in [0.4, 0.5) is 0 Å². The van der Waals surface area contributed by atoms with Gasteiger partial charge >= 0.3 is 0 Å². The number of rotatable bonds is 0. The van der Waals surface area contributed by atoms with Crippen LogP contribution in [-0.4, -0.2) is 8.07 Å². The highest BCUT2D eigenvalue weighted by atomic mass is 28.3. The Morgan fingerprint density at radius 2 is 1.44 bits per heavy atom. The van der Waals surface area contributed by atoms with E-state index >= 15 is 0 Å². The van der Waals surface area contributed by atoms with Crippen LogP contribution in [-0.2, 0) is 6.04 Å². The quantitative estimate of drug-likeness (QED) is 0.602. The highest BCUT2D eigenvalue weighted by Crippen LogP contribution is 2.31. The monoisotopic (exact) mass is 224 g/mol. The van der Waals surface area contributed by atoms with E-state index < -0.39 is 8.07 Å². The number of fused-ring (bicyclic) bond motifs is 3. The van der Waals surface area contributed by atoms with Gasteiger partial charge in [0.15, 0.2) is 0 Å². The molecule has 0 unspecified atom stereocenters. The van der Waals surface area contributed by atoms with Crippen molar-refractivity contribution in [2.45, 2.75) is 19.1 Å². The van der Waals surface area contributed by atoms with Gasteiger partial charge in [-0.25, -0.2) is 0 Å². The maximum absolute atomic E-state index is 2.47. The molecule has 2 aromatic carbocycles. The highest BCUT2D eigenvalue weighted by molar-refractivity contribution is 6.90. The van der Waals surface area contributed by atoms with Gasteiger partial charge < -0.3 is 0 Å². The molecule has 0 radical (unpaired) electrons. The Labute approximate surface area is 98.0 Å². The van der Waals surface area contributed by atoms with Crippen molar-refractivity contribution in [2.75, 3.05) is 0 Å². The number of hydrogen-bond acceptors (Lipinski definition) is 0. The molecule has 0 atom stereocenters. The molecule has 0 bridgehead atoms. The Bertz CT molecular complexity index is 541. The summed E-state index contributed by atoms with van der Waals surface area (Å²) >= 11 is 0. The third-order valence-electron chi connectivity index (χ3n) is 3.60. The second-order valence-corrected chi connectivity index (χ2v) is 9.92. The van der Waals surface area contributed by atoms with Crippen molar-refractivity contribution in [3.05, 3.63) is 54.1 Å². The molecular formula is C15H16Si. The summed E-state index contributed by atoms with van der Waals surface area (Å²) in [6.45, 7) is 4.95. The topological polar surface area (TPSA) is 0 Å². The van der Waals surface area contributed by atoms with E-state index in [9.17, 15) is 0 Å². The molecule has 1 heteroatoms. The number of benzene rings is 2. The standard InChI is InChI=1S/C15H16Si/c1-16(2)11-12-7-3-4-8-13(12)14-9-5-6-10-15(14)16/h3-10H,11H2,1-2H3. The van der Waals surface area contributed by atoms with Crippen molar-refractivity contribution in [1.29, 1.82) is 0 Å². The fraction of sp³-hybridized carbons (Fsp3) is 0.200. The van der Waals surface area contributed by atoms with Crippen LogP contribution >= 0.6 is 0 Å². The van der Waals surface area contributed by atoms with E-state index in [2.05, 4.69) is 61.6 Å². The van der Waals surface area contributed by atoms with E-state index in [4.69, 9.17) is 0 Å². The second-order valence-electron chi connectivity index (χ2n) is 5.26. The molecule has 2 aromatic rings. The summed E-state index contributed by atoms with van der Waals surface area (Å²) in [5, 5.41) is 1.62. The lowest BCUT2D eigenvalue weighted by molar-refractivity contribution is 1.30. The van der Waals surface area contributed by atoms with E-state index in [0.717, 1.165) is 0 Å². The maximum Gasteiger partial charge on any atom is 0.0857 e. The van der Waals surface area contributed by atoms with Gasteiger partial charge in [0, 0.05) is 0 Å². The Morgan fingerprint density at radius 3 is 2.25 bits per heavy atom. The van der Waals surface area contributed by atoms with Gasteiger partial charge in [0.2, 0.25) is 0 Å². The minimum atomic E-state index is -1.26. The molecule has 0 spiro atoms. The summed E-state index contributed by atoms with van der Waals surface area (Å²) in [6.07, 6.45) is 0. The molecule has 0 aliphatic carbocycles. The molecule has 0 fully saturated rings. The first-order valence-corrected chi connectivity index (χ1v) is 9.07. The summed E-state index contributed by atoms with van der Waals surface area (Å²) in [7, 11) is -1.26. The van der Waals surface area contributed by atoms with Crippen molar-refractivity contribution in [1.82, 2.24) is 0 Å². The first-order chi connectivity index (χ1) is 7.68. The minimum absolute atomic E-state index is 1.26. The van der Waals surface area contributed by atoms with Crippen molar-refractivity contribution < 1.29 is 0 Å². The Kier molecular flexibility index (Phi) is 2.05. The molecule has 0 nitrogen and oxygen atoms in total. The van der Waals surface area contributed by atoms with E-state index in [-0.39, 0.29) is 0 Å². The Balaban J connectivity index is 2.33. The summed E-state index contributed by atoms with van der Waals surface area (Å²) in [5.74, 6) is 0. The van der Waals surface area contributed by atoms with Crippen LogP contribution in [0.1, 0.15) is 5.56 Å². The van der Waals surface area contributed by atoms with Crippen molar-refractivity contribution in [2.24, 2.45) is 0 Å². The van der Waals surface area contributed by atoms with Crippen LogP contribution in [0.2, 0.25) is 13.1 Å². The van der Waals surface area contributed by atoms with E-state index in [1.54, 1.807) is 5.19 Å². The van der Waals surface area contributed by atoms with Crippen molar-refractivity contribution >= 4 is 13.3 Å². The maximum atomic E-state index is 2.47.